The number of ether oxygens (including phenoxy) is 1. The van der Waals surface area contributed by atoms with Crippen LogP contribution in [0.25, 0.3) is 0 Å². The van der Waals surface area contributed by atoms with E-state index in [1.165, 1.54) is 0 Å². The predicted octanol–water partition coefficient (Wildman–Crippen LogP) is 2.74. The van der Waals surface area contributed by atoms with E-state index in [4.69, 9.17) is 4.74 Å². The maximum absolute atomic E-state index is 9.93. The summed E-state index contributed by atoms with van der Waals surface area (Å²) in [5, 5.41) is 9.93. The average Bonchev–Trinajstić information content (AvgIpc) is 2.17. The average molecular weight is 188 g/mol. The van der Waals surface area contributed by atoms with Crippen molar-refractivity contribution >= 4 is 0 Å². The van der Waals surface area contributed by atoms with Gasteiger partial charge in [-0.2, -0.15) is 0 Å². The molecule has 0 heterocycles. The predicted molar refractivity (Wildman–Crippen MR) is 55.9 cm³/mol. The summed E-state index contributed by atoms with van der Waals surface area (Å²) in [6, 6.07) is 0. The Balaban J connectivity index is 3.61. The summed E-state index contributed by atoms with van der Waals surface area (Å²) >= 11 is 0. The lowest BCUT2D eigenvalue weighted by molar-refractivity contribution is -0.0221. The van der Waals surface area contributed by atoms with Gasteiger partial charge < -0.3 is 9.84 Å². The molecule has 0 aliphatic carbocycles. The van der Waals surface area contributed by atoms with Crippen LogP contribution in [0.1, 0.15) is 53.4 Å². The number of aliphatic hydroxyl groups is 1. The van der Waals surface area contributed by atoms with Gasteiger partial charge in [0, 0.05) is 6.61 Å². The zero-order valence-corrected chi connectivity index (χ0v) is 9.47. The molecule has 0 aromatic rings. The molecule has 2 heteroatoms. The molecule has 2 nitrogen and oxygen atoms in total. The Labute approximate surface area is 82.3 Å². The van der Waals surface area contributed by atoms with Crippen LogP contribution in [0, 0.1) is 0 Å². The lowest BCUT2D eigenvalue weighted by Crippen LogP contribution is -2.29. The van der Waals surface area contributed by atoms with E-state index in [1.807, 2.05) is 13.8 Å². The van der Waals surface area contributed by atoms with E-state index in [0.29, 0.717) is 12.7 Å². The zero-order valence-electron chi connectivity index (χ0n) is 9.47. The number of rotatable bonds is 7. The molecule has 0 rings (SSSR count). The smallest absolute Gasteiger partial charge is 0.0664 e. The quantitative estimate of drug-likeness (QED) is 0.665. The number of hydrogen-bond acceptors (Lipinski definition) is 2. The zero-order chi connectivity index (χ0) is 10.3. The van der Waals surface area contributed by atoms with Crippen LogP contribution in [0.4, 0.5) is 0 Å². The van der Waals surface area contributed by atoms with Crippen LogP contribution < -0.4 is 0 Å². The first-order valence-electron chi connectivity index (χ1n) is 5.42. The first-order valence-corrected chi connectivity index (χ1v) is 5.42. The minimum atomic E-state index is -0.506. The van der Waals surface area contributed by atoms with Crippen molar-refractivity contribution in [2.75, 3.05) is 6.61 Å². The van der Waals surface area contributed by atoms with Crippen molar-refractivity contribution in [1.29, 1.82) is 0 Å². The van der Waals surface area contributed by atoms with Crippen molar-refractivity contribution in [3.05, 3.63) is 0 Å². The molecule has 1 atom stereocenters. The van der Waals surface area contributed by atoms with Crippen LogP contribution in [0.3, 0.4) is 0 Å². The minimum absolute atomic E-state index is 0.318. The maximum Gasteiger partial charge on any atom is 0.0664 e. The van der Waals surface area contributed by atoms with Crippen molar-refractivity contribution in [3.63, 3.8) is 0 Å². The van der Waals surface area contributed by atoms with E-state index in [9.17, 15) is 5.11 Å². The van der Waals surface area contributed by atoms with Crippen LogP contribution in [0.5, 0.6) is 0 Å². The highest BCUT2D eigenvalue weighted by Gasteiger charge is 2.21. The van der Waals surface area contributed by atoms with E-state index in [-0.39, 0.29) is 0 Å². The lowest BCUT2D eigenvalue weighted by atomic mass is 9.94. The van der Waals surface area contributed by atoms with Gasteiger partial charge in [-0.25, -0.2) is 0 Å². The minimum Gasteiger partial charge on any atom is -0.390 e. The molecule has 0 aromatic heterocycles. The van der Waals surface area contributed by atoms with E-state index >= 15 is 0 Å². The van der Waals surface area contributed by atoms with E-state index in [2.05, 4.69) is 13.8 Å². The molecule has 0 saturated carbocycles. The molecular weight excluding hydrogens is 164 g/mol. The fraction of sp³-hybridized carbons (Fsp3) is 1.00. The number of hydrogen-bond donors (Lipinski definition) is 1. The molecule has 1 N–H and O–H groups in total. The monoisotopic (exact) mass is 188 g/mol. The second-order valence-corrected chi connectivity index (χ2v) is 3.77. The summed E-state index contributed by atoms with van der Waals surface area (Å²) in [6.45, 7) is 8.89. The van der Waals surface area contributed by atoms with Crippen LogP contribution in [0.15, 0.2) is 0 Å². The van der Waals surface area contributed by atoms with Crippen molar-refractivity contribution in [3.8, 4) is 0 Å². The van der Waals surface area contributed by atoms with Crippen LogP contribution in [-0.2, 0) is 4.74 Å². The lowest BCUT2D eigenvalue weighted by Gasteiger charge is -2.25. The van der Waals surface area contributed by atoms with Gasteiger partial charge >= 0.3 is 0 Å². The normalized spacial score (nSPS) is 14.5. The molecule has 0 fully saturated rings. The van der Waals surface area contributed by atoms with Gasteiger partial charge in [0.05, 0.1) is 11.7 Å². The topological polar surface area (TPSA) is 29.5 Å². The largest absolute Gasteiger partial charge is 0.390 e. The fourth-order valence-electron chi connectivity index (χ4n) is 1.17. The van der Waals surface area contributed by atoms with Gasteiger partial charge in [0.1, 0.15) is 0 Å². The molecule has 0 amide bonds. The highest BCUT2D eigenvalue weighted by atomic mass is 16.5. The standard InChI is InChI=1S/C11H24O2/c1-5-10(4)13-9-8-11(12,6-2)7-3/h10,12H,5-9H2,1-4H3. The van der Waals surface area contributed by atoms with Crippen molar-refractivity contribution in [2.45, 2.75) is 65.1 Å². The van der Waals surface area contributed by atoms with E-state index in [0.717, 1.165) is 25.7 Å². The summed E-state index contributed by atoms with van der Waals surface area (Å²) in [6.07, 6.45) is 3.74. The summed E-state index contributed by atoms with van der Waals surface area (Å²) in [4.78, 5) is 0. The summed E-state index contributed by atoms with van der Waals surface area (Å²) in [5.41, 5.74) is -0.506. The molecule has 0 aromatic carbocycles. The second-order valence-electron chi connectivity index (χ2n) is 3.77. The Morgan fingerprint density at radius 3 is 2.15 bits per heavy atom. The first kappa shape index (κ1) is 12.9. The summed E-state index contributed by atoms with van der Waals surface area (Å²) in [5.74, 6) is 0. The molecule has 0 radical (unpaired) electrons. The molecule has 0 spiro atoms. The maximum atomic E-state index is 9.93. The van der Waals surface area contributed by atoms with Gasteiger partial charge in [-0.15, -0.1) is 0 Å². The molecular formula is C11H24O2. The molecule has 0 bridgehead atoms. The van der Waals surface area contributed by atoms with Gasteiger partial charge in [0.15, 0.2) is 0 Å². The van der Waals surface area contributed by atoms with Crippen molar-refractivity contribution in [2.24, 2.45) is 0 Å². The highest BCUT2D eigenvalue weighted by molar-refractivity contribution is 4.74. The van der Waals surface area contributed by atoms with Crippen LogP contribution in [0.2, 0.25) is 0 Å². The molecule has 0 saturated heterocycles. The van der Waals surface area contributed by atoms with E-state index in [1.54, 1.807) is 0 Å². The third-order valence-electron chi connectivity index (χ3n) is 2.86. The molecule has 13 heavy (non-hydrogen) atoms. The first-order chi connectivity index (χ1) is 6.08. The third-order valence-corrected chi connectivity index (χ3v) is 2.86. The van der Waals surface area contributed by atoms with Crippen LogP contribution in [-0.4, -0.2) is 23.4 Å². The van der Waals surface area contributed by atoms with Gasteiger partial charge in [-0.1, -0.05) is 20.8 Å². The summed E-state index contributed by atoms with van der Waals surface area (Å²) < 4.78 is 5.53. The Morgan fingerprint density at radius 1 is 1.23 bits per heavy atom. The van der Waals surface area contributed by atoms with Gasteiger partial charge in [0.2, 0.25) is 0 Å². The van der Waals surface area contributed by atoms with Gasteiger partial charge in [-0.05, 0) is 32.6 Å². The van der Waals surface area contributed by atoms with Crippen molar-refractivity contribution in [1.82, 2.24) is 0 Å². The highest BCUT2D eigenvalue weighted by Crippen LogP contribution is 2.19. The molecule has 0 aliphatic rings. The summed E-state index contributed by atoms with van der Waals surface area (Å²) in [7, 11) is 0. The van der Waals surface area contributed by atoms with E-state index < -0.39 is 5.60 Å². The van der Waals surface area contributed by atoms with Crippen LogP contribution >= 0.6 is 0 Å². The Hall–Kier alpha value is -0.0800. The fourth-order valence-corrected chi connectivity index (χ4v) is 1.17. The Kier molecular flexibility index (Phi) is 6.35. The van der Waals surface area contributed by atoms with Gasteiger partial charge in [-0.3, -0.25) is 0 Å². The van der Waals surface area contributed by atoms with Gasteiger partial charge in [0.25, 0.3) is 0 Å². The Morgan fingerprint density at radius 2 is 1.77 bits per heavy atom. The molecule has 0 aliphatic heterocycles. The third kappa shape index (κ3) is 5.27. The molecule has 80 valence electrons. The molecule has 1 unspecified atom stereocenters. The Bertz CT molecular complexity index is 119. The second kappa shape index (κ2) is 6.39. The van der Waals surface area contributed by atoms with Crippen molar-refractivity contribution < 1.29 is 9.84 Å². The SMILES string of the molecule is CCC(C)OCCC(O)(CC)CC.